The number of benzene rings is 1. The van der Waals surface area contributed by atoms with E-state index in [9.17, 15) is 14.4 Å². The Morgan fingerprint density at radius 2 is 2.00 bits per heavy atom. The lowest BCUT2D eigenvalue weighted by Crippen LogP contribution is -2.36. The first-order valence-corrected chi connectivity index (χ1v) is 7.31. The lowest BCUT2D eigenvalue weighted by Gasteiger charge is -2.21. The largest absolute Gasteiger partial charge is 0.469 e. The van der Waals surface area contributed by atoms with E-state index >= 15 is 0 Å². The second-order valence-electron chi connectivity index (χ2n) is 5.22. The molecule has 2 aromatic rings. The zero-order valence-corrected chi connectivity index (χ0v) is 13.0. The Kier molecular flexibility index (Phi) is 4.24. The topological polar surface area (TPSA) is 88.6 Å². The lowest BCUT2D eigenvalue weighted by molar-refractivity contribution is -0.143. The summed E-state index contributed by atoms with van der Waals surface area (Å²) in [6.45, 7) is -0.233. The van der Waals surface area contributed by atoms with Gasteiger partial charge in [-0.15, -0.1) is 0 Å². The van der Waals surface area contributed by atoms with E-state index in [4.69, 9.17) is 0 Å². The van der Waals surface area contributed by atoms with Crippen LogP contribution in [-0.4, -0.2) is 36.3 Å². The van der Waals surface area contributed by atoms with Crippen LogP contribution >= 0.6 is 0 Å². The molecule has 1 aliphatic rings. The fourth-order valence-electron chi connectivity index (χ4n) is 2.49. The van der Waals surface area contributed by atoms with Crippen LogP contribution in [0.25, 0.3) is 0 Å². The minimum atomic E-state index is -0.632. The second-order valence-corrected chi connectivity index (χ2v) is 5.22. The molecule has 3 rings (SSSR count). The summed E-state index contributed by atoms with van der Waals surface area (Å²) in [5.41, 5.74) is 1.53. The molecule has 0 unspecified atom stereocenters. The number of aromatic nitrogens is 1. The number of ether oxygens (including phenoxy) is 1. The van der Waals surface area contributed by atoms with Gasteiger partial charge >= 0.3 is 5.97 Å². The summed E-state index contributed by atoms with van der Waals surface area (Å²) in [6, 6.07) is 10.4. The molecule has 0 spiro atoms. The minimum absolute atomic E-state index is 0.233. The molecule has 0 fully saturated rings. The quantitative estimate of drug-likeness (QED) is 0.682. The predicted octanol–water partition coefficient (Wildman–Crippen LogP) is 1.92. The fourth-order valence-corrected chi connectivity index (χ4v) is 2.49. The van der Waals surface area contributed by atoms with E-state index < -0.39 is 11.8 Å². The number of hydrogen-bond donors (Lipinski definition) is 1. The van der Waals surface area contributed by atoms with Gasteiger partial charge in [-0.2, -0.15) is 0 Å². The van der Waals surface area contributed by atoms with Crippen LogP contribution in [0.15, 0.2) is 42.6 Å². The molecule has 2 heterocycles. The molecule has 0 radical (unpaired) electrons. The first-order chi connectivity index (χ1) is 11.6. The number of hydrogen-bond acceptors (Lipinski definition) is 6. The van der Waals surface area contributed by atoms with Crippen molar-refractivity contribution in [2.45, 2.75) is 6.42 Å². The molecular weight excluding hydrogens is 310 g/mol. The zero-order valence-electron chi connectivity index (χ0n) is 13.0. The van der Waals surface area contributed by atoms with E-state index in [-0.39, 0.29) is 18.9 Å². The molecule has 1 aliphatic heterocycles. The van der Waals surface area contributed by atoms with Crippen LogP contribution in [-0.2, 0) is 14.3 Å². The summed E-state index contributed by atoms with van der Waals surface area (Å²) in [5.74, 6) is -0.902. The van der Waals surface area contributed by atoms with Crippen LogP contribution in [0.3, 0.4) is 0 Å². The molecule has 0 bridgehead atoms. The summed E-state index contributed by atoms with van der Waals surface area (Å²) >= 11 is 0. The van der Waals surface area contributed by atoms with Gasteiger partial charge in [0.1, 0.15) is 6.42 Å². The van der Waals surface area contributed by atoms with Gasteiger partial charge in [-0.25, -0.2) is 4.98 Å². The molecule has 0 atom stereocenters. The number of nitrogens with one attached hydrogen (secondary N) is 1. The molecule has 0 aliphatic carbocycles. The molecular formula is C17H15N3O4. The molecule has 1 aromatic carbocycles. The smallest absolute Gasteiger partial charge is 0.313 e. The zero-order chi connectivity index (χ0) is 17.1. The van der Waals surface area contributed by atoms with Crippen LogP contribution in [0.4, 0.5) is 17.2 Å². The van der Waals surface area contributed by atoms with Gasteiger partial charge in [0.15, 0.2) is 11.6 Å². The Morgan fingerprint density at radius 1 is 1.21 bits per heavy atom. The number of carbonyl (C=O) groups is 3. The Bertz CT molecular complexity index is 819. The van der Waals surface area contributed by atoms with Crippen LogP contribution in [0.5, 0.6) is 0 Å². The van der Waals surface area contributed by atoms with Gasteiger partial charge in [0.25, 0.3) is 5.91 Å². The number of methoxy groups -OCH3 is 1. The normalized spacial score (nSPS) is 12.5. The van der Waals surface area contributed by atoms with Gasteiger partial charge in [-0.05, 0) is 24.3 Å². The Balaban J connectivity index is 1.99. The van der Waals surface area contributed by atoms with Crippen molar-refractivity contribution in [2.24, 2.45) is 0 Å². The highest BCUT2D eigenvalue weighted by Crippen LogP contribution is 2.33. The average Bonchev–Trinajstić information content (AvgIpc) is 2.70. The Morgan fingerprint density at radius 3 is 2.79 bits per heavy atom. The number of amides is 1. The van der Waals surface area contributed by atoms with E-state index in [1.165, 1.54) is 12.0 Å². The highest BCUT2D eigenvalue weighted by molar-refractivity contribution is 6.15. The number of ketones is 1. The molecule has 7 nitrogen and oxygen atoms in total. The van der Waals surface area contributed by atoms with Crippen molar-refractivity contribution in [3.8, 4) is 0 Å². The first-order valence-electron chi connectivity index (χ1n) is 7.31. The lowest BCUT2D eigenvalue weighted by atomic mass is 10.1. The van der Waals surface area contributed by atoms with Crippen molar-refractivity contribution in [3.05, 3.63) is 48.2 Å². The minimum Gasteiger partial charge on any atom is -0.469 e. The van der Waals surface area contributed by atoms with Crippen molar-refractivity contribution < 1.29 is 19.1 Å². The van der Waals surface area contributed by atoms with Crippen molar-refractivity contribution in [3.63, 3.8) is 0 Å². The second kappa shape index (κ2) is 6.49. The number of pyridine rings is 1. The van der Waals surface area contributed by atoms with E-state index in [1.54, 1.807) is 42.6 Å². The summed E-state index contributed by atoms with van der Waals surface area (Å²) in [5, 5.41) is 3.11. The Labute approximate surface area is 138 Å². The average molecular weight is 325 g/mol. The number of carbonyl (C=O) groups excluding carboxylic acids is 3. The van der Waals surface area contributed by atoms with E-state index in [1.807, 2.05) is 0 Å². The van der Waals surface area contributed by atoms with Gasteiger partial charge in [0.05, 0.1) is 30.6 Å². The van der Waals surface area contributed by atoms with Crippen LogP contribution in [0.1, 0.15) is 16.8 Å². The molecule has 0 saturated carbocycles. The standard InChI is InChI=1S/C17H15N3O4/c1-24-15(22)9-11(21)10-20-14-7-4-8-18-16(14)19-13-6-3-2-5-12(13)17(20)23/h2-8H,9-10H2,1H3,(H,18,19). The van der Waals surface area contributed by atoms with E-state index in [2.05, 4.69) is 15.0 Å². The molecule has 1 N–H and O–H groups in total. The van der Waals surface area contributed by atoms with Crippen molar-refractivity contribution in [1.82, 2.24) is 4.98 Å². The van der Waals surface area contributed by atoms with E-state index in [0.29, 0.717) is 22.8 Å². The first kappa shape index (κ1) is 15.7. The van der Waals surface area contributed by atoms with Gasteiger partial charge in [0, 0.05) is 6.20 Å². The summed E-state index contributed by atoms with van der Waals surface area (Å²) in [6.07, 6.45) is 1.21. The van der Waals surface area contributed by atoms with Gasteiger partial charge < -0.3 is 10.1 Å². The van der Waals surface area contributed by atoms with E-state index in [0.717, 1.165) is 0 Å². The third-order valence-corrected chi connectivity index (χ3v) is 3.64. The number of para-hydroxylation sites is 1. The maximum Gasteiger partial charge on any atom is 0.313 e. The van der Waals surface area contributed by atoms with Gasteiger partial charge in [-0.1, -0.05) is 12.1 Å². The number of esters is 1. The van der Waals surface area contributed by atoms with Crippen LogP contribution in [0, 0.1) is 0 Å². The monoisotopic (exact) mass is 325 g/mol. The molecule has 7 heteroatoms. The maximum absolute atomic E-state index is 12.9. The number of Topliss-reactive ketones (excluding diaryl/α,β-unsaturated/α-hetero) is 1. The maximum atomic E-state index is 12.9. The van der Waals surface area contributed by atoms with Crippen molar-refractivity contribution in [1.29, 1.82) is 0 Å². The molecule has 24 heavy (non-hydrogen) atoms. The van der Waals surface area contributed by atoms with Crippen LogP contribution < -0.4 is 10.2 Å². The highest BCUT2D eigenvalue weighted by atomic mass is 16.5. The fraction of sp³-hybridized carbons (Fsp3) is 0.176. The molecule has 1 amide bonds. The summed E-state index contributed by atoms with van der Waals surface area (Å²) in [7, 11) is 1.21. The highest BCUT2D eigenvalue weighted by Gasteiger charge is 2.29. The SMILES string of the molecule is COC(=O)CC(=O)CN1C(=O)c2ccccc2Nc2ncccc21. The summed E-state index contributed by atoms with van der Waals surface area (Å²) in [4.78, 5) is 41.9. The van der Waals surface area contributed by atoms with Crippen molar-refractivity contribution >= 4 is 34.9 Å². The third-order valence-electron chi connectivity index (χ3n) is 3.64. The van der Waals surface area contributed by atoms with Gasteiger partial charge in [-0.3, -0.25) is 19.3 Å². The molecule has 0 saturated heterocycles. The third kappa shape index (κ3) is 2.96. The number of fused-ring (bicyclic) bond motifs is 2. The molecule has 122 valence electrons. The number of nitrogens with zero attached hydrogens (tertiary/aromatic N) is 2. The molecule has 1 aromatic heterocycles. The van der Waals surface area contributed by atoms with Gasteiger partial charge in [0.2, 0.25) is 0 Å². The Hall–Kier alpha value is -3.22. The van der Waals surface area contributed by atoms with Crippen molar-refractivity contribution in [2.75, 3.05) is 23.9 Å². The summed E-state index contributed by atoms with van der Waals surface area (Å²) < 4.78 is 4.50. The van der Waals surface area contributed by atoms with Crippen LogP contribution in [0.2, 0.25) is 0 Å². The number of anilines is 3. The predicted molar refractivity (Wildman–Crippen MR) is 87.3 cm³/mol. The number of rotatable bonds is 4.